The zero-order valence-corrected chi connectivity index (χ0v) is 14.5. The number of aromatic nitrogens is 1. The Morgan fingerprint density at radius 3 is 2.96 bits per heavy atom. The van der Waals surface area contributed by atoms with Crippen LogP contribution in [-0.2, 0) is 10.2 Å². The summed E-state index contributed by atoms with van der Waals surface area (Å²) >= 11 is 6.15. The van der Waals surface area contributed by atoms with Gasteiger partial charge in [-0.25, -0.2) is 4.39 Å². The predicted octanol–water partition coefficient (Wildman–Crippen LogP) is 4.09. The second kappa shape index (κ2) is 5.42. The van der Waals surface area contributed by atoms with Gasteiger partial charge in [0.05, 0.1) is 11.9 Å². The number of hydrogen-bond acceptors (Lipinski definition) is 3. The molecular weight excluding hydrogens is 355 g/mol. The molecule has 1 fully saturated rings. The summed E-state index contributed by atoms with van der Waals surface area (Å²) in [7, 11) is 0. The van der Waals surface area contributed by atoms with Gasteiger partial charge in [0.25, 0.3) is 0 Å². The van der Waals surface area contributed by atoms with E-state index in [0.29, 0.717) is 41.4 Å². The van der Waals surface area contributed by atoms with Crippen LogP contribution in [-0.4, -0.2) is 24.0 Å². The fraction of sp³-hybridized carbons (Fsp3) is 0.200. The molecule has 1 spiro atoms. The Bertz CT molecular complexity index is 1070. The van der Waals surface area contributed by atoms with Gasteiger partial charge in [0.15, 0.2) is 0 Å². The molecule has 0 unspecified atom stereocenters. The summed E-state index contributed by atoms with van der Waals surface area (Å²) in [5.74, 6) is 0.302. The van der Waals surface area contributed by atoms with E-state index >= 15 is 0 Å². The number of anilines is 1. The number of hydrogen-bond donors (Lipinski definition) is 0. The highest BCUT2D eigenvalue weighted by molar-refractivity contribution is 6.30. The van der Waals surface area contributed by atoms with Crippen molar-refractivity contribution in [1.82, 2.24) is 4.98 Å². The molecule has 1 atom stereocenters. The van der Waals surface area contributed by atoms with E-state index in [2.05, 4.69) is 4.98 Å². The standard InChI is InChI=1S/C20H14ClFN2O2/c21-13-2-4-18-16(7-13)20(11-26-18)5-6-24(19(20)25)17-10-23-9-12-1-3-14(22)8-15(12)17/h1-4,7-10H,5-6,11H2/t20-/m1/s1. The second-order valence-corrected chi connectivity index (χ2v) is 7.18. The third kappa shape index (κ3) is 2.07. The van der Waals surface area contributed by atoms with Crippen LogP contribution < -0.4 is 9.64 Å². The normalized spacial score (nSPS) is 21.5. The number of carbonyl (C=O) groups is 1. The minimum absolute atomic E-state index is 0.0583. The van der Waals surface area contributed by atoms with Crippen LogP contribution in [0.4, 0.5) is 10.1 Å². The van der Waals surface area contributed by atoms with Gasteiger partial charge in [-0.1, -0.05) is 11.6 Å². The van der Waals surface area contributed by atoms with Crippen molar-refractivity contribution in [3.8, 4) is 5.75 Å². The third-order valence-corrected chi connectivity index (χ3v) is 5.58. The van der Waals surface area contributed by atoms with E-state index in [1.165, 1.54) is 12.1 Å². The SMILES string of the molecule is O=C1N(c2cncc3ccc(F)cc23)CC[C@]12COc1ccc(Cl)cc12. The maximum absolute atomic E-state index is 13.8. The molecule has 26 heavy (non-hydrogen) atoms. The number of rotatable bonds is 1. The van der Waals surface area contributed by atoms with Crippen LogP contribution >= 0.6 is 11.6 Å². The smallest absolute Gasteiger partial charge is 0.241 e. The van der Waals surface area contributed by atoms with E-state index in [-0.39, 0.29) is 11.7 Å². The molecule has 1 aromatic heterocycles. The van der Waals surface area contributed by atoms with E-state index in [4.69, 9.17) is 16.3 Å². The van der Waals surface area contributed by atoms with Crippen molar-refractivity contribution in [3.05, 3.63) is 65.2 Å². The van der Waals surface area contributed by atoms with Crippen LogP contribution in [0.15, 0.2) is 48.8 Å². The lowest BCUT2D eigenvalue weighted by Gasteiger charge is -2.23. The van der Waals surface area contributed by atoms with Crippen molar-refractivity contribution in [2.45, 2.75) is 11.8 Å². The largest absolute Gasteiger partial charge is 0.492 e. The first kappa shape index (κ1) is 15.6. The molecule has 4 nitrogen and oxygen atoms in total. The highest BCUT2D eigenvalue weighted by atomic mass is 35.5. The first-order valence-electron chi connectivity index (χ1n) is 8.37. The summed E-state index contributed by atoms with van der Waals surface area (Å²) in [5.41, 5.74) is 0.714. The fourth-order valence-electron chi connectivity index (χ4n) is 4.00. The van der Waals surface area contributed by atoms with Gasteiger partial charge in [-0.15, -0.1) is 0 Å². The summed E-state index contributed by atoms with van der Waals surface area (Å²) in [6, 6.07) is 9.88. The zero-order chi connectivity index (χ0) is 17.9. The maximum atomic E-state index is 13.8. The lowest BCUT2D eigenvalue weighted by atomic mass is 9.81. The van der Waals surface area contributed by atoms with Crippen LogP contribution in [0.2, 0.25) is 5.02 Å². The number of ether oxygens (including phenoxy) is 1. The highest BCUT2D eigenvalue weighted by Gasteiger charge is 2.53. The van der Waals surface area contributed by atoms with E-state index in [0.717, 1.165) is 10.9 Å². The van der Waals surface area contributed by atoms with Crippen molar-refractivity contribution in [1.29, 1.82) is 0 Å². The first-order chi connectivity index (χ1) is 12.6. The van der Waals surface area contributed by atoms with Crippen molar-refractivity contribution in [3.63, 3.8) is 0 Å². The molecule has 0 N–H and O–H groups in total. The van der Waals surface area contributed by atoms with E-state index in [1.807, 2.05) is 6.07 Å². The number of nitrogens with zero attached hydrogens (tertiary/aromatic N) is 2. The topological polar surface area (TPSA) is 42.4 Å². The minimum Gasteiger partial charge on any atom is -0.492 e. The lowest BCUT2D eigenvalue weighted by Crippen LogP contribution is -2.39. The van der Waals surface area contributed by atoms with E-state index in [9.17, 15) is 9.18 Å². The minimum atomic E-state index is -0.740. The van der Waals surface area contributed by atoms with Gasteiger partial charge in [0.2, 0.25) is 5.91 Å². The Morgan fingerprint density at radius 1 is 1.19 bits per heavy atom. The van der Waals surface area contributed by atoms with Crippen LogP contribution in [0.1, 0.15) is 12.0 Å². The average Bonchev–Trinajstić information content (AvgIpc) is 3.17. The number of carbonyl (C=O) groups excluding carboxylic acids is 1. The summed E-state index contributed by atoms with van der Waals surface area (Å²) in [5, 5.41) is 2.05. The molecule has 0 saturated carbocycles. The number of fused-ring (bicyclic) bond motifs is 3. The number of halogens is 2. The number of pyridine rings is 1. The van der Waals surface area contributed by atoms with Crippen molar-refractivity contribution in [2.24, 2.45) is 0 Å². The van der Waals surface area contributed by atoms with Crippen molar-refractivity contribution < 1.29 is 13.9 Å². The molecule has 6 heteroatoms. The highest BCUT2D eigenvalue weighted by Crippen LogP contribution is 2.48. The summed E-state index contributed by atoms with van der Waals surface area (Å²) in [4.78, 5) is 19.3. The summed E-state index contributed by atoms with van der Waals surface area (Å²) in [6.45, 7) is 0.815. The molecule has 5 rings (SSSR count). The van der Waals surface area contributed by atoms with Gasteiger partial charge in [0.1, 0.15) is 23.6 Å². The molecule has 0 radical (unpaired) electrons. The molecule has 130 valence electrons. The Labute approximate surface area is 154 Å². The molecule has 2 aromatic carbocycles. The lowest BCUT2D eigenvalue weighted by molar-refractivity contribution is -0.122. The van der Waals surface area contributed by atoms with Crippen LogP contribution in [0.5, 0.6) is 5.75 Å². The molecule has 3 heterocycles. The summed E-state index contributed by atoms with van der Waals surface area (Å²) in [6.07, 6.45) is 3.90. The molecule has 2 aliphatic rings. The van der Waals surface area contributed by atoms with Crippen molar-refractivity contribution in [2.75, 3.05) is 18.1 Å². The fourth-order valence-corrected chi connectivity index (χ4v) is 4.17. The molecule has 3 aromatic rings. The molecule has 2 aliphatic heterocycles. The molecule has 1 amide bonds. The quantitative estimate of drug-likeness (QED) is 0.649. The van der Waals surface area contributed by atoms with Gasteiger partial charge in [-0.2, -0.15) is 0 Å². The molecular formula is C20H14ClFN2O2. The van der Waals surface area contributed by atoms with Crippen LogP contribution in [0.25, 0.3) is 10.8 Å². The Kier molecular flexibility index (Phi) is 3.25. The van der Waals surface area contributed by atoms with Crippen molar-refractivity contribution >= 4 is 34.0 Å². The van der Waals surface area contributed by atoms with Gasteiger partial charge in [-0.05, 0) is 42.8 Å². The Morgan fingerprint density at radius 2 is 2.08 bits per heavy atom. The summed E-state index contributed by atoms with van der Waals surface area (Å²) < 4.78 is 19.5. The Balaban J connectivity index is 1.62. The van der Waals surface area contributed by atoms with Crippen LogP contribution in [0.3, 0.4) is 0 Å². The maximum Gasteiger partial charge on any atom is 0.241 e. The monoisotopic (exact) mass is 368 g/mol. The van der Waals surface area contributed by atoms with Gasteiger partial charge in [-0.3, -0.25) is 9.78 Å². The van der Waals surface area contributed by atoms with Gasteiger partial charge < -0.3 is 9.64 Å². The average molecular weight is 369 g/mol. The second-order valence-electron chi connectivity index (χ2n) is 6.74. The van der Waals surface area contributed by atoms with E-state index < -0.39 is 5.41 Å². The van der Waals surface area contributed by atoms with Crippen LogP contribution in [0, 0.1) is 5.82 Å². The van der Waals surface area contributed by atoms with Gasteiger partial charge in [0, 0.05) is 34.1 Å². The van der Waals surface area contributed by atoms with E-state index in [1.54, 1.807) is 35.5 Å². The zero-order valence-electron chi connectivity index (χ0n) is 13.7. The molecule has 1 saturated heterocycles. The molecule has 0 aliphatic carbocycles. The predicted molar refractivity (Wildman–Crippen MR) is 97.3 cm³/mol. The first-order valence-corrected chi connectivity index (χ1v) is 8.74. The number of benzene rings is 2. The molecule has 0 bridgehead atoms. The third-order valence-electron chi connectivity index (χ3n) is 5.34. The Hall–Kier alpha value is -2.66. The van der Waals surface area contributed by atoms with Gasteiger partial charge >= 0.3 is 0 Å². The number of amides is 1.